The van der Waals surface area contributed by atoms with Crippen molar-refractivity contribution in [1.29, 1.82) is 0 Å². The Balaban J connectivity index is 1.95. The summed E-state index contributed by atoms with van der Waals surface area (Å²) in [4.78, 5) is 0. The second-order valence-corrected chi connectivity index (χ2v) is 2.11. The number of hydrazone groups is 1. The zero-order chi connectivity index (χ0) is 5.40. The molecule has 4 nitrogen and oxygen atoms in total. The van der Waals surface area contributed by atoms with Crippen LogP contribution in [0.1, 0.15) is 12.8 Å². The molecular weight excluding hydrogens is 104 g/mol. The Kier molecular flexibility index (Phi) is 0.700. The summed E-state index contributed by atoms with van der Waals surface area (Å²) in [5.74, 6) is 0. The van der Waals surface area contributed by atoms with Crippen molar-refractivity contribution >= 4 is 6.34 Å². The van der Waals surface area contributed by atoms with E-state index in [2.05, 4.69) is 16.2 Å². The normalized spacial score (nSPS) is 26.2. The number of rotatable bonds is 1. The van der Waals surface area contributed by atoms with Crippen molar-refractivity contribution < 1.29 is 0 Å². The van der Waals surface area contributed by atoms with Crippen molar-refractivity contribution in [1.82, 2.24) is 16.1 Å². The molecule has 8 heavy (non-hydrogen) atoms. The minimum Gasteiger partial charge on any atom is -0.275 e. The maximum Gasteiger partial charge on any atom is 0.128 e. The lowest BCUT2D eigenvalue weighted by molar-refractivity contribution is 0.292. The standard InChI is InChI=1S/C4H8N4/c1-2-4(1)8-3-5-6-7-8/h3-4,6-7H,1-2H2. The van der Waals surface area contributed by atoms with Crippen LogP contribution in [0.25, 0.3) is 0 Å². The first-order valence-corrected chi connectivity index (χ1v) is 2.79. The molecule has 0 aromatic heterocycles. The van der Waals surface area contributed by atoms with Gasteiger partial charge in [-0.25, -0.2) is 5.53 Å². The minimum absolute atomic E-state index is 0.703. The van der Waals surface area contributed by atoms with Crippen LogP contribution in [0.3, 0.4) is 0 Å². The van der Waals surface area contributed by atoms with Gasteiger partial charge in [-0.2, -0.15) is 5.10 Å². The third-order valence-corrected chi connectivity index (χ3v) is 1.37. The largest absolute Gasteiger partial charge is 0.275 e. The molecule has 0 spiro atoms. The summed E-state index contributed by atoms with van der Waals surface area (Å²) in [7, 11) is 0. The molecule has 0 saturated heterocycles. The third-order valence-electron chi connectivity index (χ3n) is 1.37. The summed E-state index contributed by atoms with van der Waals surface area (Å²) in [5.41, 5.74) is 5.52. The monoisotopic (exact) mass is 112 g/mol. The lowest BCUT2D eigenvalue weighted by Gasteiger charge is -2.09. The van der Waals surface area contributed by atoms with Crippen molar-refractivity contribution in [2.24, 2.45) is 5.10 Å². The highest BCUT2D eigenvalue weighted by atomic mass is 15.8. The fourth-order valence-corrected chi connectivity index (χ4v) is 0.745. The molecule has 0 bridgehead atoms. The Morgan fingerprint density at radius 3 is 3.00 bits per heavy atom. The molecule has 2 rings (SSSR count). The molecule has 4 heteroatoms. The molecule has 1 aliphatic carbocycles. The quantitative estimate of drug-likeness (QED) is 0.476. The van der Waals surface area contributed by atoms with Gasteiger partial charge in [0.05, 0.1) is 0 Å². The van der Waals surface area contributed by atoms with Crippen molar-refractivity contribution in [3.8, 4) is 0 Å². The van der Waals surface area contributed by atoms with Crippen LogP contribution in [0.15, 0.2) is 5.10 Å². The van der Waals surface area contributed by atoms with Crippen LogP contribution in [-0.4, -0.2) is 17.4 Å². The van der Waals surface area contributed by atoms with Gasteiger partial charge in [0, 0.05) is 6.04 Å². The summed E-state index contributed by atoms with van der Waals surface area (Å²) in [5, 5.41) is 5.75. The average molecular weight is 112 g/mol. The number of hydrogen-bond donors (Lipinski definition) is 2. The SMILES string of the molecule is C1=NNNN1C1CC1. The van der Waals surface area contributed by atoms with Gasteiger partial charge in [-0.15, -0.1) is 5.53 Å². The van der Waals surface area contributed by atoms with Gasteiger partial charge in [-0.1, -0.05) is 0 Å². The van der Waals surface area contributed by atoms with Crippen LogP contribution in [-0.2, 0) is 0 Å². The number of hydrogen-bond acceptors (Lipinski definition) is 4. The van der Waals surface area contributed by atoms with Crippen molar-refractivity contribution in [3.05, 3.63) is 0 Å². The van der Waals surface area contributed by atoms with E-state index in [1.165, 1.54) is 12.8 Å². The molecule has 1 fully saturated rings. The van der Waals surface area contributed by atoms with E-state index in [4.69, 9.17) is 0 Å². The average Bonchev–Trinajstić information content (AvgIpc) is 2.49. The molecule has 2 N–H and O–H groups in total. The third kappa shape index (κ3) is 0.535. The predicted molar refractivity (Wildman–Crippen MR) is 29.6 cm³/mol. The minimum atomic E-state index is 0.703. The van der Waals surface area contributed by atoms with E-state index in [1.807, 2.05) is 5.01 Å². The molecule has 44 valence electrons. The summed E-state index contributed by atoms with van der Waals surface area (Å²) in [6, 6.07) is 0.703. The molecule has 0 unspecified atom stereocenters. The van der Waals surface area contributed by atoms with Gasteiger partial charge < -0.3 is 0 Å². The van der Waals surface area contributed by atoms with Crippen LogP contribution in [0.2, 0.25) is 0 Å². The van der Waals surface area contributed by atoms with Crippen LogP contribution in [0, 0.1) is 0 Å². The van der Waals surface area contributed by atoms with Gasteiger partial charge >= 0.3 is 0 Å². The highest BCUT2D eigenvalue weighted by Crippen LogP contribution is 2.24. The molecule has 1 heterocycles. The predicted octanol–water partition coefficient (Wildman–Crippen LogP) is -0.583. The Morgan fingerprint density at radius 1 is 1.62 bits per heavy atom. The van der Waals surface area contributed by atoms with E-state index in [0.717, 1.165) is 0 Å². The van der Waals surface area contributed by atoms with E-state index in [-0.39, 0.29) is 0 Å². The van der Waals surface area contributed by atoms with E-state index in [0.29, 0.717) is 6.04 Å². The maximum absolute atomic E-state index is 3.77. The van der Waals surface area contributed by atoms with Crippen molar-refractivity contribution in [2.45, 2.75) is 18.9 Å². The Labute approximate surface area is 47.5 Å². The van der Waals surface area contributed by atoms with Gasteiger partial charge in [0.2, 0.25) is 0 Å². The summed E-state index contributed by atoms with van der Waals surface area (Å²) in [6.45, 7) is 0. The fourth-order valence-electron chi connectivity index (χ4n) is 0.745. The number of nitrogens with zero attached hydrogens (tertiary/aromatic N) is 2. The van der Waals surface area contributed by atoms with Crippen LogP contribution in [0.5, 0.6) is 0 Å². The lowest BCUT2D eigenvalue weighted by Crippen LogP contribution is -2.38. The molecule has 2 aliphatic rings. The molecule has 0 radical (unpaired) electrons. The zero-order valence-electron chi connectivity index (χ0n) is 4.46. The van der Waals surface area contributed by atoms with E-state index in [1.54, 1.807) is 6.34 Å². The first-order valence-electron chi connectivity index (χ1n) is 2.79. The molecular formula is C4H8N4. The molecule has 0 aromatic carbocycles. The molecule has 1 saturated carbocycles. The summed E-state index contributed by atoms with van der Waals surface area (Å²) in [6.07, 6.45) is 4.36. The van der Waals surface area contributed by atoms with E-state index < -0.39 is 0 Å². The highest BCUT2D eigenvalue weighted by molar-refractivity contribution is 5.56. The molecule has 0 aromatic rings. The van der Waals surface area contributed by atoms with Gasteiger partial charge in [-0.05, 0) is 12.8 Å². The second-order valence-electron chi connectivity index (χ2n) is 2.11. The molecule has 0 atom stereocenters. The Hall–Kier alpha value is -0.770. The summed E-state index contributed by atoms with van der Waals surface area (Å²) < 4.78 is 0. The number of nitrogens with one attached hydrogen (secondary N) is 2. The van der Waals surface area contributed by atoms with E-state index in [9.17, 15) is 0 Å². The Bertz CT molecular complexity index is 117. The van der Waals surface area contributed by atoms with Gasteiger partial charge in [0.15, 0.2) is 0 Å². The van der Waals surface area contributed by atoms with Gasteiger partial charge in [0.25, 0.3) is 0 Å². The maximum atomic E-state index is 3.77. The van der Waals surface area contributed by atoms with Crippen LogP contribution >= 0.6 is 0 Å². The first kappa shape index (κ1) is 4.14. The van der Waals surface area contributed by atoms with Gasteiger partial charge in [-0.3, -0.25) is 5.01 Å². The van der Waals surface area contributed by atoms with Crippen LogP contribution < -0.4 is 11.1 Å². The van der Waals surface area contributed by atoms with Crippen molar-refractivity contribution in [3.63, 3.8) is 0 Å². The molecule has 1 aliphatic heterocycles. The first-order chi connectivity index (χ1) is 3.97. The van der Waals surface area contributed by atoms with Crippen LogP contribution in [0.4, 0.5) is 0 Å². The lowest BCUT2D eigenvalue weighted by atomic mass is 10.7. The zero-order valence-corrected chi connectivity index (χ0v) is 4.46. The highest BCUT2D eigenvalue weighted by Gasteiger charge is 2.28. The summed E-state index contributed by atoms with van der Waals surface area (Å²) >= 11 is 0. The van der Waals surface area contributed by atoms with Crippen molar-refractivity contribution in [2.75, 3.05) is 0 Å². The van der Waals surface area contributed by atoms with Gasteiger partial charge in [0.1, 0.15) is 6.34 Å². The van der Waals surface area contributed by atoms with E-state index >= 15 is 0 Å². The Morgan fingerprint density at radius 2 is 2.50 bits per heavy atom. The molecule has 0 amide bonds. The fraction of sp³-hybridized carbons (Fsp3) is 0.750. The second kappa shape index (κ2) is 1.35. The smallest absolute Gasteiger partial charge is 0.128 e. The number of hydrazine groups is 2. The topological polar surface area (TPSA) is 39.7 Å².